The fraction of sp³-hybridized carbons (Fsp3) is 0.909. The summed E-state index contributed by atoms with van der Waals surface area (Å²) in [5, 5.41) is 0. The zero-order valence-electron chi connectivity index (χ0n) is 9.80. The number of piperidine rings is 1. The van der Waals surface area contributed by atoms with Crippen LogP contribution in [0.4, 0.5) is 13.2 Å². The standard InChI is InChI=1S/C11H19F3N2S/c12-11(13,14)9-4-3-7-16(8-9)6-2-1-5-10(15)17/h9H,1-8H2,(H2,15,17). The molecule has 1 aliphatic rings. The van der Waals surface area contributed by atoms with Crippen molar-refractivity contribution in [2.45, 2.75) is 38.3 Å². The van der Waals surface area contributed by atoms with Gasteiger partial charge in [-0.2, -0.15) is 13.2 Å². The molecule has 0 aliphatic carbocycles. The first-order valence-electron chi connectivity index (χ1n) is 5.97. The minimum absolute atomic E-state index is 0.149. The molecule has 0 amide bonds. The molecule has 1 heterocycles. The summed E-state index contributed by atoms with van der Waals surface area (Å²) in [6.07, 6.45) is -0.722. The highest BCUT2D eigenvalue weighted by atomic mass is 32.1. The van der Waals surface area contributed by atoms with Crippen molar-refractivity contribution in [3.63, 3.8) is 0 Å². The van der Waals surface area contributed by atoms with Crippen molar-refractivity contribution in [2.24, 2.45) is 11.7 Å². The number of nitrogens with two attached hydrogens (primary N) is 1. The number of hydrogen-bond acceptors (Lipinski definition) is 2. The molecule has 0 radical (unpaired) electrons. The average molecular weight is 268 g/mol. The van der Waals surface area contributed by atoms with Crippen LogP contribution in [0, 0.1) is 5.92 Å². The normalized spacial score (nSPS) is 22.6. The molecular formula is C11H19F3N2S. The van der Waals surface area contributed by atoms with Crippen molar-refractivity contribution < 1.29 is 13.2 Å². The van der Waals surface area contributed by atoms with Crippen molar-refractivity contribution in [1.82, 2.24) is 4.90 Å². The third-order valence-corrected chi connectivity index (χ3v) is 3.32. The molecule has 0 bridgehead atoms. The van der Waals surface area contributed by atoms with Gasteiger partial charge in [0.1, 0.15) is 0 Å². The molecule has 1 rings (SSSR count). The second-order valence-electron chi connectivity index (χ2n) is 4.60. The Balaban J connectivity index is 2.23. The van der Waals surface area contributed by atoms with Crippen LogP contribution in [-0.2, 0) is 0 Å². The quantitative estimate of drug-likeness (QED) is 0.614. The lowest BCUT2D eigenvalue weighted by molar-refractivity contribution is -0.186. The molecule has 1 unspecified atom stereocenters. The zero-order valence-corrected chi connectivity index (χ0v) is 10.6. The van der Waals surface area contributed by atoms with E-state index in [9.17, 15) is 13.2 Å². The SMILES string of the molecule is NC(=S)CCCCN1CCCC(C(F)(F)F)C1. The highest BCUT2D eigenvalue weighted by molar-refractivity contribution is 7.80. The minimum atomic E-state index is -4.04. The van der Waals surface area contributed by atoms with Gasteiger partial charge in [0, 0.05) is 6.54 Å². The van der Waals surface area contributed by atoms with Crippen molar-refractivity contribution in [3.8, 4) is 0 Å². The third kappa shape index (κ3) is 5.68. The first-order valence-corrected chi connectivity index (χ1v) is 6.38. The Bertz CT molecular complexity index is 256. The second-order valence-corrected chi connectivity index (χ2v) is 5.13. The van der Waals surface area contributed by atoms with Gasteiger partial charge < -0.3 is 10.6 Å². The highest BCUT2D eigenvalue weighted by Gasteiger charge is 2.41. The molecule has 0 aromatic heterocycles. The second kappa shape index (κ2) is 6.54. The first kappa shape index (κ1) is 14.7. The van der Waals surface area contributed by atoms with Gasteiger partial charge in [-0.05, 0) is 45.2 Å². The molecule has 0 aromatic carbocycles. The Hall–Kier alpha value is -0.360. The molecule has 100 valence electrons. The summed E-state index contributed by atoms with van der Waals surface area (Å²) in [4.78, 5) is 2.39. The number of alkyl halides is 3. The lowest BCUT2D eigenvalue weighted by Crippen LogP contribution is -2.42. The molecule has 0 spiro atoms. The molecule has 1 saturated heterocycles. The molecule has 2 N–H and O–H groups in total. The molecule has 6 heteroatoms. The van der Waals surface area contributed by atoms with Gasteiger partial charge in [-0.15, -0.1) is 0 Å². The third-order valence-electron chi connectivity index (χ3n) is 3.12. The minimum Gasteiger partial charge on any atom is -0.393 e. The number of halogens is 3. The van der Waals surface area contributed by atoms with Crippen LogP contribution in [0.25, 0.3) is 0 Å². The van der Waals surface area contributed by atoms with Crippen molar-refractivity contribution in [1.29, 1.82) is 0 Å². The van der Waals surface area contributed by atoms with Gasteiger partial charge in [-0.25, -0.2) is 0 Å². The topological polar surface area (TPSA) is 29.3 Å². The van der Waals surface area contributed by atoms with Crippen molar-refractivity contribution in [2.75, 3.05) is 19.6 Å². The molecule has 1 aliphatic heterocycles. The molecular weight excluding hydrogens is 249 g/mol. The van der Waals surface area contributed by atoms with E-state index in [1.807, 2.05) is 4.90 Å². The van der Waals surface area contributed by atoms with Gasteiger partial charge >= 0.3 is 6.18 Å². The number of thiocarbonyl (C=S) groups is 1. The van der Waals surface area contributed by atoms with Crippen LogP contribution < -0.4 is 5.73 Å². The maximum Gasteiger partial charge on any atom is 0.393 e. The van der Waals surface area contributed by atoms with Crippen LogP contribution >= 0.6 is 12.2 Å². The van der Waals surface area contributed by atoms with E-state index in [4.69, 9.17) is 18.0 Å². The van der Waals surface area contributed by atoms with E-state index < -0.39 is 12.1 Å². The predicted octanol–water partition coefficient (Wildman–Crippen LogP) is 2.72. The van der Waals surface area contributed by atoms with Gasteiger partial charge in [0.25, 0.3) is 0 Å². The van der Waals surface area contributed by atoms with Crippen LogP contribution in [0.15, 0.2) is 0 Å². The maximum atomic E-state index is 12.5. The van der Waals surface area contributed by atoms with Crippen LogP contribution in [0.1, 0.15) is 32.1 Å². The van der Waals surface area contributed by atoms with Crippen molar-refractivity contribution in [3.05, 3.63) is 0 Å². The van der Waals surface area contributed by atoms with Gasteiger partial charge in [0.05, 0.1) is 10.9 Å². The van der Waals surface area contributed by atoms with E-state index in [2.05, 4.69) is 0 Å². The summed E-state index contributed by atoms with van der Waals surface area (Å²) < 4.78 is 37.6. The summed E-state index contributed by atoms with van der Waals surface area (Å²) in [5.41, 5.74) is 5.36. The number of nitrogens with zero attached hydrogens (tertiary/aromatic N) is 1. The number of hydrogen-bond donors (Lipinski definition) is 1. The molecule has 1 atom stereocenters. The molecule has 1 fully saturated rings. The fourth-order valence-corrected chi connectivity index (χ4v) is 2.30. The summed E-state index contributed by atoms with van der Waals surface area (Å²) in [6.45, 7) is 1.64. The summed E-state index contributed by atoms with van der Waals surface area (Å²) in [7, 11) is 0. The Morgan fingerprint density at radius 2 is 2.06 bits per heavy atom. The maximum absolute atomic E-state index is 12.5. The zero-order chi connectivity index (χ0) is 12.9. The average Bonchev–Trinajstić information content (AvgIpc) is 2.23. The Labute approximate surface area is 105 Å². The number of likely N-dealkylation sites (tertiary alicyclic amines) is 1. The van der Waals surface area contributed by atoms with Gasteiger partial charge in [-0.3, -0.25) is 0 Å². The van der Waals surface area contributed by atoms with Crippen LogP contribution in [-0.4, -0.2) is 35.7 Å². The Morgan fingerprint density at radius 3 is 2.65 bits per heavy atom. The van der Waals surface area contributed by atoms with E-state index in [-0.39, 0.29) is 13.0 Å². The summed E-state index contributed by atoms with van der Waals surface area (Å²) in [5.74, 6) is -1.15. The predicted molar refractivity (Wildman–Crippen MR) is 65.9 cm³/mol. The van der Waals surface area contributed by atoms with Crippen LogP contribution in [0.2, 0.25) is 0 Å². The van der Waals surface area contributed by atoms with E-state index in [0.29, 0.717) is 17.8 Å². The number of unbranched alkanes of at least 4 members (excludes halogenated alkanes) is 1. The Kier molecular flexibility index (Phi) is 5.66. The Morgan fingerprint density at radius 1 is 1.35 bits per heavy atom. The van der Waals surface area contributed by atoms with E-state index in [1.54, 1.807) is 0 Å². The molecule has 0 aromatic rings. The lowest BCUT2D eigenvalue weighted by Gasteiger charge is -2.33. The van der Waals surface area contributed by atoms with Gasteiger partial charge in [-0.1, -0.05) is 12.2 Å². The highest BCUT2D eigenvalue weighted by Crippen LogP contribution is 2.33. The van der Waals surface area contributed by atoms with Gasteiger partial charge in [0.15, 0.2) is 0 Å². The monoisotopic (exact) mass is 268 g/mol. The van der Waals surface area contributed by atoms with Crippen LogP contribution in [0.5, 0.6) is 0 Å². The van der Waals surface area contributed by atoms with E-state index >= 15 is 0 Å². The van der Waals surface area contributed by atoms with E-state index in [0.717, 1.165) is 25.9 Å². The number of rotatable bonds is 5. The molecule has 2 nitrogen and oxygen atoms in total. The molecule has 17 heavy (non-hydrogen) atoms. The van der Waals surface area contributed by atoms with Gasteiger partial charge in [0.2, 0.25) is 0 Å². The smallest absolute Gasteiger partial charge is 0.393 e. The first-order chi connectivity index (χ1) is 7.89. The van der Waals surface area contributed by atoms with E-state index in [1.165, 1.54) is 0 Å². The lowest BCUT2D eigenvalue weighted by atomic mass is 9.97. The molecule has 0 saturated carbocycles. The summed E-state index contributed by atoms with van der Waals surface area (Å²) >= 11 is 4.75. The largest absolute Gasteiger partial charge is 0.393 e. The van der Waals surface area contributed by atoms with Crippen LogP contribution in [0.3, 0.4) is 0 Å². The fourth-order valence-electron chi connectivity index (χ4n) is 2.16. The summed E-state index contributed by atoms with van der Waals surface area (Å²) in [6, 6.07) is 0. The van der Waals surface area contributed by atoms with Crippen molar-refractivity contribution >= 4 is 17.2 Å².